The molecule has 0 fully saturated rings. The van der Waals surface area contributed by atoms with E-state index in [0.29, 0.717) is 21.3 Å². The van der Waals surface area contributed by atoms with Crippen molar-refractivity contribution >= 4 is 16.5 Å². The molecule has 0 amide bonds. The smallest absolute Gasteiger partial charge is 0.360 e. The SMILES string of the molecule is CCNc1nnc(-c2ccc(C(F)(F)F)cc2C)s1. The molecule has 7 heteroatoms. The Bertz CT molecular complexity index is 578. The number of anilines is 1. The van der Waals surface area contributed by atoms with Crippen molar-refractivity contribution in [3.8, 4) is 10.6 Å². The van der Waals surface area contributed by atoms with Gasteiger partial charge in [0.2, 0.25) is 5.13 Å². The van der Waals surface area contributed by atoms with Crippen molar-refractivity contribution in [2.45, 2.75) is 20.0 Å². The van der Waals surface area contributed by atoms with E-state index in [1.807, 2.05) is 6.92 Å². The minimum Gasteiger partial charge on any atom is -0.360 e. The predicted molar refractivity (Wildman–Crippen MR) is 69.2 cm³/mol. The molecule has 2 rings (SSSR count). The van der Waals surface area contributed by atoms with E-state index in [-0.39, 0.29) is 0 Å². The lowest BCUT2D eigenvalue weighted by Gasteiger charge is -2.09. The van der Waals surface area contributed by atoms with Crippen LogP contribution in [0.4, 0.5) is 18.3 Å². The van der Waals surface area contributed by atoms with Gasteiger partial charge in [0.15, 0.2) is 0 Å². The van der Waals surface area contributed by atoms with Crippen LogP contribution in [0.1, 0.15) is 18.1 Å². The fourth-order valence-corrected chi connectivity index (χ4v) is 2.54. The van der Waals surface area contributed by atoms with Gasteiger partial charge in [-0.15, -0.1) is 10.2 Å². The van der Waals surface area contributed by atoms with E-state index < -0.39 is 11.7 Å². The van der Waals surface area contributed by atoms with Gasteiger partial charge in [0.05, 0.1) is 5.56 Å². The Hall–Kier alpha value is -1.63. The lowest BCUT2D eigenvalue weighted by Crippen LogP contribution is -2.05. The zero-order chi connectivity index (χ0) is 14.0. The third kappa shape index (κ3) is 3.04. The summed E-state index contributed by atoms with van der Waals surface area (Å²) in [4.78, 5) is 0. The van der Waals surface area contributed by atoms with Crippen molar-refractivity contribution in [2.75, 3.05) is 11.9 Å². The predicted octanol–water partition coefficient (Wildman–Crippen LogP) is 3.96. The topological polar surface area (TPSA) is 37.8 Å². The monoisotopic (exact) mass is 287 g/mol. The number of benzene rings is 1. The van der Waals surface area contributed by atoms with Crippen LogP contribution in [0.5, 0.6) is 0 Å². The Morgan fingerprint density at radius 3 is 2.58 bits per heavy atom. The molecule has 0 saturated heterocycles. The van der Waals surface area contributed by atoms with E-state index in [9.17, 15) is 13.2 Å². The number of halogens is 3. The van der Waals surface area contributed by atoms with Crippen LogP contribution in [0.15, 0.2) is 18.2 Å². The molecule has 0 spiro atoms. The number of nitrogens with one attached hydrogen (secondary N) is 1. The zero-order valence-electron chi connectivity index (χ0n) is 10.4. The molecule has 0 radical (unpaired) electrons. The second-order valence-corrected chi connectivity index (χ2v) is 4.95. The summed E-state index contributed by atoms with van der Waals surface area (Å²) < 4.78 is 37.7. The molecule has 0 aliphatic heterocycles. The number of alkyl halides is 3. The van der Waals surface area contributed by atoms with Crippen LogP contribution in [0.3, 0.4) is 0 Å². The van der Waals surface area contributed by atoms with E-state index in [1.54, 1.807) is 6.92 Å². The summed E-state index contributed by atoms with van der Waals surface area (Å²) in [5.41, 5.74) is 0.564. The summed E-state index contributed by atoms with van der Waals surface area (Å²) in [7, 11) is 0. The van der Waals surface area contributed by atoms with Crippen LogP contribution in [0.25, 0.3) is 10.6 Å². The van der Waals surface area contributed by atoms with Gasteiger partial charge in [-0.3, -0.25) is 0 Å². The van der Waals surface area contributed by atoms with Gasteiger partial charge in [0, 0.05) is 12.1 Å². The zero-order valence-corrected chi connectivity index (χ0v) is 11.2. The summed E-state index contributed by atoms with van der Waals surface area (Å²) in [6.45, 7) is 4.30. The van der Waals surface area contributed by atoms with Crippen LogP contribution in [-0.2, 0) is 6.18 Å². The molecule has 1 aromatic heterocycles. The van der Waals surface area contributed by atoms with E-state index >= 15 is 0 Å². The van der Waals surface area contributed by atoms with Crippen LogP contribution < -0.4 is 5.32 Å². The van der Waals surface area contributed by atoms with Gasteiger partial charge in [0.25, 0.3) is 0 Å². The second-order valence-electron chi connectivity index (χ2n) is 3.97. The summed E-state index contributed by atoms with van der Waals surface area (Å²) in [6.07, 6.45) is -4.32. The van der Waals surface area contributed by atoms with Crippen molar-refractivity contribution in [1.82, 2.24) is 10.2 Å². The van der Waals surface area contributed by atoms with E-state index in [2.05, 4.69) is 15.5 Å². The molecule has 0 bridgehead atoms. The average Bonchev–Trinajstić information content (AvgIpc) is 2.76. The van der Waals surface area contributed by atoms with Crippen LogP contribution in [-0.4, -0.2) is 16.7 Å². The van der Waals surface area contributed by atoms with Crippen LogP contribution in [0.2, 0.25) is 0 Å². The van der Waals surface area contributed by atoms with Gasteiger partial charge in [-0.1, -0.05) is 17.4 Å². The molecule has 0 saturated carbocycles. The normalized spacial score (nSPS) is 11.6. The van der Waals surface area contributed by atoms with Gasteiger partial charge in [-0.25, -0.2) is 0 Å². The standard InChI is InChI=1S/C12H12F3N3S/c1-3-16-11-18-17-10(19-11)9-5-4-8(6-7(9)2)12(13,14)15/h4-6H,3H2,1-2H3,(H,16,18). The van der Waals surface area contributed by atoms with E-state index in [1.165, 1.54) is 17.4 Å². The first-order valence-electron chi connectivity index (χ1n) is 5.67. The first kappa shape index (κ1) is 13.8. The van der Waals surface area contributed by atoms with Crippen LogP contribution >= 0.6 is 11.3 Å². The lowest BCUT2D eigenvalue weighted by atomic mass is 10.1. The largest absolute Gasteiger partial charge is 0.416 e. The van der Waals surface area contributed by atoms with Crippen molar-refractivity contribution in [1.29, 1.82) is 0 Å². The van der Waals surface area contributed by atoms with Gasteiger partial charge in [-0.05, 0) is 31.5 Å². The van der Waals surface area contributed by atoms with Gasteiger partial charge in [0.1, 0.15) is 5.01 Å². The fourth-order valence-electron chi connectivity index (χ4n) is 1.63. The lowest BCUT2D eigenvalue weighted by molar-refractivity contribution is -0.137. The van der Waals surface area contributed by atoms with Crippen molar-refractivity contribution in [2.24, 2.45) is 0 Å². The van der Waals surface area contributed by atoms with Crippen molar-refractivity contribution < 1.29 is 13.2 Å². The molecule has 102 valence electrons. The molecule has 2 aromatic rings. The molecular weight excluding hydrogens is 275 g/mol. The number of hydrogen-bond acceptors (Lipinski definition) is 4. The quantitative estimate of drug-likeness (QED) is 0.928. The average molecular weight is 287 g/mol. The molecule has 0 aliphatic carbocycles. The van der Waals surface area contributed by atoms with E-state index in [0.717, 1.165) is 18.7 Å². The minimum atomic E-state index is -4.32. The van der Waals surface area contributed by atoms with Gasteiger partial charge < -0.3 is 5.32 Å². The summed E-state index contributed by atoms with van der Waals surface area (Å²) in [5.74, 6) is 0. The van der Waals surface area contributed by atoms with Crippen molar-refractivity contribution in [3.05, 3.63) is 29.3 Å². The van der Waals surface area contributed by atoms with E-state index in [4.69, 9.17) is 0 Å². The van der Waals surface area contributed by atoms with Crippen molar-refractivity contribution in [3.63, 3.8) is 0 Å². The molecule has 0 aliphatic rings. The number of aromatic nitrogens is 2. The maximum Gasteiger partial charge on any atom is 0.416 e. The first-order chi connectivity index (χ1) is 8.91. The molecule has 1 N–H and O–H groups in total. The number of nitrogens with zero attached hydrogens (tertiary/aromatic N) is 2. The van der Waals surface area contributed by atoms with Gasteiger partial charge >= 0.3 is 6.18 Å². The molecule has 0 atom stereocenters. The highest BCUT2D eigenvalue weighted by Gasteiger charge is 2.30. The first-order valence-corrected chi connectivity index (χ1v) is 6.49. The molecule has 3 nitrogen and oxygen atoms in total. The Morgan fingerprint density at radius 2 is 2.00 bits per heavy atom. The summed E-state index contributed by atoms with van der Waals surface area (Å²) >= 11 is 1.32. The third-order valence-corrected chi connectivity index (χ3v) is 3.45. The highest BCUT2D eigenvalue weighted by molar-refractivity contribution is 7.18. The molecular formula is C12H12F3N3S. The maximum absolute atomic E-state index is 12.6. The third-order valence-electron chi connectivity index (χ3n) is 2.54. The maximum atomic E-state index is 12.6. The Labute approximate surface area is 112 Å². The summed E-state index contributed by atoms with van der Waals surface area (Å²) in [5, 5.41) is 12.2. The highest BCUT2D eigenvalue weighted by atomic mass is 32.1. The molecule has 19 heavy (non-hydrogen) atoms. The number of rotatable bonds is 3. The second kappa shape index (κ2) is 5.16. The summed E-state index contributed by atoms with van der Waals surface area (Å²) in [6, 6.07) is 3.63. The number of hydrogen-bond donors (Lipinski definition) is 1. The molecule has 1 heterocycles. The molecule has 0 unspecified atom stereocenters. The molecule has 1 aromatic carbocycles. The van der Waals surface area contributed by atoms with Crippen LogP contribution in [0, 0.1) is 6.92 Å². The highest BCUT2D eigenvalue weighted by Crippen LogP contribution is 2.34. The Balaban J connectivity index is 2.35. The number of aryl methyl sites for hydroxylation is 1. The Kier molecular flexibility index (Phi) is 3.75. The van der Waals surface area contributed by atoms with Gasteiger partial charge in [-0.2, -0.15) is 13.2 Å². The Morgan fingerprint density at radius 1 is 1.26 bits per heavy atom. The fraction of sp³-hybridized carbons (Fsp3) is 0.333. The minimum absolute atomic E-state index is 0.536.